The summed E-state index contributed by atoms with van der Waals surface area (Å²) in [6.07, 6.45) is 7.58. The molecule has 0 fully saturated rings. The zero-order chi connectivity index (χ0) is 15.4. The van der Waals surface area contributed by atoms with E-state index >= 15 is 0 Å². The van der Waals surface area contributed by atoms with Crippen molar-refractivity contribution in [2.75, 3.05) is 0 Å². The van der Waals surface area contributed by atoms with Gasteiger partial charge in [0.25, 0.3) is 0 Å². The molecule has 1 rings (SSSR count). The molecule has 1 aromatic carbocycles. The minimum Gasteiger partial charge on any atom is -0.358 e. The number of hydrogen-bond donors (Lipinski definition) is 0. The minimum absolute atomic E-state index is 0. The third kappa shape index (κ3) is 11.0. The quantitative estimate of drug-likeness (QED) is 0.430. The fourth-order valence-corrected chi connectivity index (χ4v) is 2.63. The van der Waals surface area contributed by atoms with E-state index in [-0.39, 0.29) is 40.1 Å². The Hall–Kier alpha value is 0.324. The van der Waals surface area contributed by atoms with E-state index in [9.17, 15) is 0 Å². The monoisotopic (exact) mass is 379 g/mol. The number of benzene rings is 1. The van der Waals surface area contributed by atoms with Gasteiger partial charge in [-0.3, -0.25) is 0 Å². The average Bonchev–Trinajstić information content (AvgIpc) is 2.52. The van der Waals surface area contributed by atoms with Crippen LogP contribution in [0.1, 0.15) is 78.4 Å². The van der Waals surface area contributed by atoms with Gasteiger partial charge < -0.3 is 7.43 Å². The molecule has 127 valence electrons. The maximum atomic E-state index is 3.34. The predicted octanol–water partition coefficient (Wildman–Crippen LogP) is 6.92. The second-order valence-electron chi connectivity index (χ2n) is 5.52. The van der Waals surface area contributed by atoms with Crippen LogP contribution in [0.2, 0.25) is 0 Å². The van der Waals surface area contributed by atoms with Crippen LogP contribution in [0.3, 0.4) is 0 Å². The largest absolute Gasteiger partial charge is 0.358 e. The summed E-state index contributed by atoms with van der Waals surface area (Å²) in [6.45, 7) is 13.2. The molecule has 0 unspecified atom stereocenters. The molecule has 0 aliphatic rings. The summed E-state index contributed by atoms with van der Waals surface area (Å²) >= 11 is 0. The van der Waals surface area contributed by atoms with Gasteiger partial charge in [0.2, 0.25) is 0 Å². The average molecular weight is 379 g/mol. The molecule has 0 heterocycles. The first kappa shape index (κ1) is 27.2. The van der Waals surface area contributed by atoms with E-state index in [1.165, 1.54) is 49.7 Å². The van der Waals surface area contributed by atoms with Crippen molar-refractivity contribution in [2.45, 2.75) is 80.1 Å². The molecule has 0 aliphatic carbocycles. The van der Waals surface area contributed by atoms with Gasteiger partial charge in [-0.15, -0.1) is 0 Å². The van der Waals surface area contributed by atoms with E-state index in [1.807, 2.05) is 13.8 Å². The summed E-state index contributed by atoms with van der Waals surface area (Å²) in [6, 6.07) is 10.1. The SMILES string of the molecule is CC.CCC(CC)Cc1c[c-]cc(CC(CC)CC)c1.[CH3-].[Y]. The summed E-state index contributed by atoms with van der Waals surface area (Å²) in [7, 11) is 0. The summed E-state index contributed by atoms with van der Waals surface area (Å²) in [5.41, 5.74) is 2.96. The third-order valence-corrected chi connectivity index (χ3v) is 4.27. The Morgan fingerprint density at radius 3 is 1.36 bits per heavy atom. The molecule has 1 aromatic rings. The summed E-state index contributed by atoms with van der Waals surface area (Å²) in [5.74, 6) is 1.67. The van der Waals surface area contributed by atoms with Crippen molar-refractivity contribution in [1.29, 1.82) is 0 Å². The summed E-state index contributed by atoms with van der Waals surface area (Å²) in [4.78, 5) is 0. The van der Waals surface area contributed by atoms with Crippen molar-refractivity contribution >= 4 is 0 Å². The molecule has 0 saturated heterocycles. The van der Waals surface area contributed by atoms with Crippen molar-refractivity contribution in [1.82, 2.24) is 0 Å². The first-order valence-electron chi connectivity index (χ1n) is 8.72. The summed E-state index contributed by atoms with van der Waals surface area (Å²) in [5, 5.41) is 0. The first-order chi connectivity index (χ1) is 9.73. The molecule has 0 aromatic heterocycles. The van der Waals surface area contributed by atoms with Crippen molar-refractivity contribution in [2.24, 2.45) is 11.8 Å². The fourth-order valence-electron chi connectivity index (χ4n) is 2.63. The van der Waals surface area contributed by atoms with Crippen LogP contribution in [0.25, 0.3) is 0 Å². The smallest absolute Gasteiger partial charge is 0 e. The van der Waals surface area contributed by atoms with Crippen molar-refractivity contribution in [3.8, 4) is 0 Å². The van der Waals surface area contributed by atoms with Gasteiger partial charge in [-0.1, -0.05) is 80.1 Å². The molecule has 1 heteroatoms. The molecule has 0 atom stereocenters. The van der Waals surface area contributed by atoms with Gasteiger partial charge in [-0.2, -0.15) is 35.4 Å². The standard InChI is InChI=1S/C18H29.C2H6.CH3.Y/c1-5-15(6-2)12-17-10-9-11-18(14-17)13-16(7-3)8-4;1-2;;/h10-11,14-16H,5-8,12-13H2,1-4H3;1-2H3;1H3;/q-1;;-1;. The van der Waals surface area contributed by atoms with Gasteiger partial charge in [0.15, 0.2) is 0 Å². The molecule has 0 saturated carbocycles. The Morgan fingerprint density at radius 2 is 1.09 bits per heavy atom. The molecule has 0 spiro atoms. The maximum absolute atomic E-state index is 3.34. The number of hydrogen-bond acceptors (Lipinski definition) is 0. The van der Waals surface area contributed by atoms with Gasteiger partial charge in [0.1, 0.15) is 0 Å². The molecule has 0 nitrogen and oxygen atoms in total. The Kier molecular flexibility index (Phi) is 21.8. The van der Waals surface area contributed by atoms with Crippen LogP contribution in [-0.4, -0.2) is 0 Å². The van der Waals surface area contributed by atoms with E-state index in [2.05, 4.69) is 52.0 Å². The van der Waals surface area contributed by atoms with Gasteiger partial charge in [-0.05, 0) is 11.8 Å². The molecule has 0 amide bonds. The Balaban J connectivity index is -0.000000864. The fraction of sp³-hybridized carbons (Fsp3) is 0.667. The summed E-state index contributed by atoms with van der Waals surface area (Å²) < 4.78 is 0. The molecular formula is C21H38Y-2. The van der Waals surface area contributed by atoms with Crippen molar-refractivity contribution in [3.63, 3.8) is 0 Å². The van der Waals surface area contributed by atoms with Crippen LogP contribution < -0.4 is 0 Å². The zero-order valence-electron chi connectivity index (χ0n) is 16.2. The normalized spacial score (nSPS) is 9.64. The van der Waals surface area contributed by atoms with Gasteiger partial charge >= 0.3 is 0 Å². The number of rotatable bonds is 8. The van der Waals surface area contributed by atoms with Crippen molar-refractivity contribution in [3.05, 3.63) is 42.8 Å². The van der Waals surface area contributed by atoms with Crippen LogP contribution in [0, 0.1) is 25.3 Å². The van der Waals surface area contributed by atoms with E-state index in [0.29, 0.717) is 0 Å². The van der Waals surface area contributed by atoms with E-state index < -0.39 is 0 Å². The van der Waals surface area contributed by atoms with Crippen LogP contribution in [-0.2, 0) is 45.6 Å². The molecule has 22 heavy (non-hydrogen) atoms. The Bertz CT molecular complexity index is 295. The Morgan fingerprint density at radius 1 is 0.773 bits per heavy atom. The van der Waals surface area contributed by atoms with Crippen molar-refractivity contribution < 1.29 is 32.7 Å². The molecular weight excluding hydrogens is 341 g/mol. The Labute approximate surface area is 166 Å². The maximum Gasteiger partial charge on any atom is 0 e. The zero-order valence-corrected chi connectivity index (χ0v) is 19.0. The molecule has 0 aliphatic heterocycles. The van der Waals surface area contributed by atoms with Gasteiger partial charge in [-0.25, -0.2) is 0 Å². The second-order valence-corrected chi connectivity index (χ2v) is 5.52. The minimum atomic E-state index is 0. The second kappa shape index (κ2) is 17.7. The van der Waals surface area contributed by atoms with Crippen LogP contribution in [0.4, 0.5) is 0 Å². The van der Waals surface area contributed by atoms with Crippen LogP contribution in [0.15, 0.2) is 18.2 Å². The first-order valence-corrected chi connectivity index (χ1v) is 8.72. The van der Waals surface area contributed by atoms with Crippen LogP contribution >= 0.6 is 0 Å². The van der Waals surface area contributed by atoms with E-state index in [4.69, 9.17) is 0 Å². The van der Waals surface area contributed by atoms with Gasteiger partial charge in [0.05, 0.1) is 0 Å². The molecule has 0 N–H and O–H groups in total. The van der Waals surface area contributed by atoms with E-state index in [1.54, 1.807) is 0 Å². The molecule has 1 radical (unpaired) electrons. The third-order valence-electron chi connectivity index (χ3n) is 4.27. The van der Waals surface area contributed by atoms with Gasteiger partial charge in [0, 0.05) is 32.7 Å². The van der Waals surface area contributed by atoms with Crippen LogP contribution in [0.5, 0.6) is 0 Å². The molecule has 0 bridgehead atoms. The topological polar surface area (TPSA) is 0 Å². The predicted molar refractivity (Wildman–Crippen MR) is 98.6 cm³/mol. The van der Waals surface area contributed by atoms with E-state index in [0.717, 1.165) is 11.8 Å².